The highest BCUT2D eigenvalue weighted by Crippen LogP contribution is 2.31. The first-order valence-corrected chi connectivity index (χ1v) is 5.90. The van der Waals surface area contributed by atoms with Crippen LogP contribution in [0.1, 0.15) is 10.4 Å². The molecule has 0 atom stereocenters. The first-order chi connectivity index (χ1) is 8.97. The van der Waals surface area contributed by atoms with E-state index < -0.39 is 11.7 Å². The molecule has 0 saturated carbocycles. The number of anilines is 2. The van der Waals surface area contributed by atoms with Gasteiger partial charge in [0.1, 0.15) is 11.6 Å². The quantitative estimate of drug-likeness (QED) is 0.893. The van der Waals surface area contributed by atoms with Crippen molar-refractivity contribution < 1.29 is 9.18 Å². The third-order valence-electron chi connectivity index (χ3n) is 2.29. The van der Waals surface area contributed by atoms with Crippen LogP contribution < -0.4 is 11.1 Å². The van der Waals surface area contributed by atoms with E-state index in [0.29, 0.717) is 5.82 Å². The predicted molar refractivity (Wildman–Crippen MR) is 73.0 cm³/mol. The van der Waals surface area contributed by atoms with E-state index in [1.54, 1.807) is 0 Å². The van der Waals surface area contributed by atoms with Crippen LogP contribution >= 0.6 is 23.2 Å². The first-order valence-electron chi connectivity index (χ1n) is 5.15. The lowest BCUT2D eigenvalue weighted by Gasteiger charge is -2.09. The van der Waals surface area contributed by atoms with E-state index in [-0.39, 0.29) is 21.3 Å². The van der Waals surface area contributed by atoms with Crippen LogP contribution in [-0.4, -0.2) is 10.9 Å². The Morgan fingerprint density at radius 2 is 1.89 bits per heavy atom. The molecular weight excluding hydrogens is 292 g/mol. The zero-order valence-corrected chi connectivity index (χ0v) is 11.0. The van der Waals surface area contributed by atoms with Crippen molar-refractivity contribution in [2.75, 3.05) is 11.1 Å². The fourth-order valence-electron chi connectivity index (χ4n) is 1.39. The largest absolute Gasteiger partial charge is 0.384 e. The molecule has 19 heavy (non-hydrogen) atoms. The predicted octanol–water partition coefficient (Wildman–Crippen LogP) is 3.36. The second-order valence-corrected chi connectivity index (χ2v) is 4.48. The second-order valence-electron chi connectivity index (χ2n) is 3.67. The molecule has 0 unspecified atom stereocenters. The Hall–Kier alpha value is -1.85. The maximum absolute atomic E-state index is 13.0. The number of hydrogen-bond donors (Lipinski definition) is 2. The number of nitrogens with zero attached hydrogens (tertiary/aromatic N) is 1. The monoisotopic (exact) mass is 299 g/mol. The van der Waals surface area contributed by atoms with E-state index in [2.05, 4.69) is 10.3 Å². The number of amides is 1. The van der Waals surface area contributed by atoms with Gasteiger partial charge in [0, 0.05) is 6.20 Å². The Morgan fingerprint density at radius 3 is 2.42 bits per heavy atom. The van der Waals surface area contributed by atoms with Gasteiger partial charge >= 0.3 is 0 Å². The molecule has 98 valence electrons. The molecule has 0 fully saturated rings. The summed E-state index contributed by atoms with van der Waals surface area (Å²) in [5.74, 6) is -0.751. The van der Waals surface area contributed by atoms with Gasteiger partial charge in [-0.2, -0.15) is 0 Å². The summed E-state index contributed by atoms with van der Waals surface area (Å²) in [5, 5.41) is 2.52. The molecule has 2 rings (SSSR count). The third-order valence-corrected chi connectivity index (χ3v) is 2.89. The standard InChI is InChI=1S/C12H8Cl2FN3O/c13-8-3-7(15)4-9(14)11(8)18-12(19)6-1-2-10(16)17-5-6/h1-5H,(H2,16,17)(H,18,19). The van der Waals surface area contributed by atoms with E-state index in [9.17, 15) is 9.18 Å². The molecule has 1 aromatic heterocycles. The number of pyridine rings is 1. The lowest BCUT2D eigenvalue weighted by Crippen LogP contribution is -2.13. The Morgan fingerprint density at radius 1 is 1.26 bits per heavy atom. The van der Waals surface area contributed by atoms with Gasteiger partial charge in [-0.3, -0.25) is 4.79 Å². The Balaban J connectivity index is 2.26. The third kappa shape index (κ3) is 3.13. The van der Waals surface area contributed by atoms with Crippen molar-refractivity contribution in [2.45, 2.75) is 0 Å². The SMILES string of the molecule is Nc1ccc(C(=O)Nc2c(Cl)cc(F)cc2Cl)cn1. The number of carbonyl (C=O) groups excluding carboxylic acids is 1. The summed E-state index contributed by atoms with van der Waals surface area (Å²) in [5.41, 5.74) is 5.85. The average molecular weight is 300 g/mol. The van der Waals surface area contributed by atoms with Crippen LogP contribution in [0.4, 0.5) is 15.9 Å². The first kappa shape index (κ1) is 13.6. The number of aromatic nitrogens is 1. The number of hydrogen-bond acceptors (Lipinski definition) is 3. The lowest BCUT2D eigenvalue weighted by atomic mass is 10.2. The highest BCUT2D eigenvalue weighted by atomic mass is 35.5. The molecule has 2 aromatic rings. The van der Waals surface area contributed by atoms with E-state index in [1.165, 1.54) is 18.3 Å². The van der Waals surface area contributed by atoms with Crippen LogP contribution in [0.15, 0.2) is 30.5 Å². The fraction of sp³-hybridized carbons (Fsp3) is 0. The van der Waals surface area contributed by atoms with Gasteiger partial charge in [0.2, 0.25) is 0 Å². The summed E-state index contributed by atoms with van der Waals surface area (Å²) in [4.78, 5) is 15.7. The average Bonchev–Trinajstić information content (AvgIpc) is 2.34. The molecule has 0 radical (unpaired) electrons. The van der Waals surface area contributed by atoms with Crippen LogP contribution in [0.5, 0.6) is 0 Å². The van der Waals surface area contributed by atoms with Crippen molar-refractivity contribution in [3.8, 4) is 0 Å². The van der Waals surface area contributed by atoms with Crippen molar-refractivity contribution in [1.82, 2.24) is 4.98 Å². The topological polar surface area (TPSA) is 68.0 Å². The summed E-state index contributed by atoms with van der Waals surface area (Å²) >= 11 is 11.6. The summed E-state index contributed by atoms with van der Waals surface area (Å²) < 4.78 is 13.0. The Bertz CT molecular complexity index is 608. The molecule has 1 heterocycles. The van der Waals surface area contributed by atoms with Gasteiger partial charge in [-0.15, -0.1) is 0 Å². The maximum atomic E-state index is 13.0. The molecule has 0 aliphatic heterocycles. The molecule has 0 aliphatic carbocycles. The number of nitrogens with one attached hydrogen (secondary N) is 1. The van der Waals surface area contributed by atoms with Gasteiger partial charge in [0.25, 0.3) is 5.91 Å². The van der Waals surface area contributed by atoms with Crippen LogP contribution in [-0.2, 0) is 0 Å². The Labute approximate surface area is 118 Å². The molecule has 7 heteroatoms. The van der Waals surface area contributed by atoms with Crippen molar-refractivity contribution in [2.24, 2.45) is 0 Å². The summed E-state index contributed by atoms with van der Waals surface area (Å²) in [6.45, 7) is 0. The molecule has 1 aromatic carbocycles. The van der Waals surface area contributed by atoms with Gasteiger partial charge < -0.3 is 11.1 Å². The number of nitrogen functional groups attached to an aromatic ring is 1. The van der Waals surface area contributed by atoms with Gasteiger partial charge in [-0.1, -0.05) is 23.2 Å². The molecule has 0 aliphatic rings. The summed E-state index contributed by atoms with van der Waals surface area (Å²) in [6.07, 6.45) is 1.32. The van der Waals surface area contributed by atoms with Crippen LogP contribution in [0.3, 0.4) is 0 Å². The van der Waals surface area contributed by atoms with Crippen molar-refractivity contribution in [3.05, 3.63) is 51.9 Å². The fourth-order valence-corrected chi connectivity index (χ4v) is 1.94. The highest BCUT2D eigenvalue weighted by Gasteiger charge is 2.13. The summed E-state index contributed by atoms with van der Waals surface area (Å²) in [7, 11) is 0. The zero-order chi connectivity index (χ0) is 14.0. The van der Waals surface area contributed by atoms with Gasteiger partial charge in [0.15, 0.2) is 0 Å². The van der Waals surface area contributed by atoms with Crippen molar-refractivity contribution in [1.29, 1.82) is 0 Å². The molecule has 0 saturated heterocycles. The minimum atomic E-state index is -0.581. The van der Waals surface area contributed by atoms with Crippen molar-refractivity contribution in [3.63, 3.8) is 0 Å². The second kappa shape index (κ2) is 5.42. The van der Waals surface area contributed by atoms with Gasteiger partial charge in [-0.05, 0) is 24.3 Å². The number of halogens is 3. The van der Waals surface area contributed by atoms with Crippen LogP contribution in [0, 0.1) is 5.82 Å². The number of rotatable bonds is 2. The maximum Gasteiger partial charge on any atom is 0.257 e. The molecular formula is C12H8Cl2FN3O. The molecule has 0 spiro atoms. The van der Waals surface area contributed by atoms with Crippen molar-refractivity contribution >= 4 is 40.6 Å². The van der Waals surface area contributed by atoms with E-state index in [0.717, 1.165) is 12.1 Å². The van der Waals surface area contributed by atoms with E-state index >= 15 is 0 Å². The number of benzene rings is 1. The number of nitrogens with two attached hydrogens (primary N) is 1. The summed E-state index contributed by atoms with van der Waals surface area (Å²) in [6, 6.07) is 5.11. The minimum Gasteiger partial charge on any atom is -0.384 e. The van der Waals surface area contributed by atoms with E-state index in [1.807, 2.05) is 0 Å². The molecule has 1 amide bonds. The number of carbonyl (C=O) groups is 1. The lowest BCUT2D eigenvalue weighted by molar-refractivity contribution is 0.102. The zero-order valence-electron chi connectivity index (χ0n) is 9.45. The Kier molecular flexibility index (Phi) is 3.87. The normalized spacial score (nSPS) is 10.3. The molecule has 0 bridgehead atoms. The van der Waals surface area contributed by atoms with Crippen LogP contribution in [0.2, 0.25) is 10.0 Å². The smallest absolute Gasteiger partial charge is 0.257 e. The minimum absolute atomic E-state index is 0.0155. The van der Waals surface area contributed by atoms with E-state index in [4.69, 9.17) is 28.9 Å². The highest BCUT2D eigenvalue weighted by molar-refractivity contribution is 6.40. The van der Waals surface area contributed by atoms with Gasteiger partial charge in [0.05, 0.1) is 21.3 Å². The molecule has 4 nitrogen and oxygen atoms in total. The molecule has 3 N–H and O–H groups in total. The van der Waals surface area contributed by atoms with Gasteiger partial charge in [-0.25, -0.2) is 9.37 Å². The van der Waals surface area contributed by atoms with Crippen LogP contribution in [0.25, 0.3) is 0 Å².